The lowest BCUT2D eigenvalue weighted by atomic mass is 9.95. The Kier molecular flexibility index (Phi) is 4.41. The second-order valence-corrected chi connectivity index (χ2v) is 5.82. The first-order valence-corrected chi connectivity index (χ1v) is 7.79. The molecule has 0 spiro atoms. The number of benzene rings is 1. The van der Waals surface area contributed by atoms with Crippen LogP contribution in [0.3, 0.4) is 0 Å². The van der Waals surface area contributed by atoms with E-state index in [2.05, 4.69) is 15.5 Å². The van der Waals surface area contributed by atoms with Gasteiger partial charge >= 0.3 is 0 Å². The number of hydrogen-bond donors (Lipinski definition) is 2. The zero-order valence-corrected chi connectivity index (χ0v) is 13.1. The molecule has 1 saturated heterocycles. The third-order valence-electron chi connectivity index (χ3n) is 4.28. The summed E-state index contributed by atoms with van der Waals surface area (Å²) in [5.74, 6) is 0.0821. The van der Waals surface area contributed by atoms with Crippen molar-refractivity contribution in [1.29, 1.82) is 0 Å². The molecule has 1 aromatic heterocycles. The lowest BCUT2D eigenvalue weighted by Crippen LogP contribution is -2.40. The lowest BCUT2D eigenvalue weighted by Gasteiger charge is -2.30. The highest BCUT2D eigenvalue weighted by Gasteiger charge is 2.25. The zero-order valence-electron chi connectivity index (χ0n) is 13.1. The van der Waals surface area contributed by atoms with Gasteiger partial charge in [-0.3, -0.25) is 14.7 Å². The number of hydrogen-bond acceptors (Lipinski definition) is 3. The molecule has 1 aliphatic rings. The van der Waals surface area contributed by atoms with Gasteiger partial charge in [0.05, 0.1) is 5.69 Å². The van der Waals surface area contributed by atoms with E-state index in [9.17, 15) is 9.59 Å². The molecule has 6 heteroatoms. The molecule has 1 fully saturated rings. The van der Waals surface area contributed by atoms with Gasteiger partial charge in [0.15, 0.2) is 0 Å². The number of aromatic amines is 1. The van der Waals surface area contributed by atoms with Crippen LogP contribution in [0.15, 0.2) is 36.5 Å². The smallest absolute Gasteiger partial charge is 0.227 e. The summed E-state index contributed by atoms with van der Waals surface area (Å²) in [7, 11) is 0. The molecule has 6 nitrogen and oxygen atoms in total. The highest BCUT2D eigenvalue weighted by Crippen LogP contribution is 2.22. The van der Waals surface area contributed by atoms with Gasteiger partial charge in [-0.1, -0.05) is 12.1 Å². The number of rotatable bonds is 3. The van der Waals surface area contributed by atoms with Crippen molar-refractivity contribution in [3.63, 3.8) is 0 Å². The van der Waals surface area contributed by atoms with Crippen molar-refractivity contribution in [2.75, 3.05) is 18.4 Å². The van der Waals surface area contributed by atoms with Gasteiger partial charge in [-0.05, 0) is 36.6 Å². The molecular formula is C17H20N4O2. The average Bonchev–Trinajstić information content (AvgIpc) is 3.10. The summed E-state index contributed by atoms with van der Waals surface area (Å²) in [6.45, 7) is 2.89. The highest BCUT2D eigenvalue weighted by molar-refractivity contribution is 5.93. The summed E-state index contributed by atoms with van der Waals surface area (Å²) in [5.41, 5.74) is 2.75. The molecule has 0 bridgehead atoms. The molecule has 0 saturated carbocycles. The van der Waals surface area contributed by atoms with Crippen molar-refractivity contribution in [2.45, 2.75) is 19.8 Å². The van der Waals surface area contributed by atoms with Gasteiger partial charge in [-0.25, -0.2) is 0 Å². The van der Waals surface area contributed by atoms with Crippen molar-refractivity contribution in [3.8, 4) is 11.3 Å². The van der Waals surface area contributed by atoms with Crippen molar-refractivity contribution < 1.29 is 9.59 Å². The van der Waals surface area contributed by atoms with E-state index >= 15 is 0 Å². The Morgan fingerprint density at radius 1 is 1.17 bits per heavy atom. The summed E-state index contributed by atoms with van der Waals surface area (Å²) in [5, 5.41) is 9.80. The number of anilines is 1. The maximum Gasteiger partial charge on any atom is 0.227 e. The van der Waals surface area contributed by atoms with E-state index in [1.54, 1.807) is 18.0 Å². The molecule has 0 radical (unpaired) electrons. The molecule has 0 aliphatic carbocycles. The van der Waals surface area contributed by atoms with E-state index in [1.807, 2.05) is 30.3 Å². The fourth-order valence-electron chi connectivity index (χ4n) is 2.85. The maximum atomic E-state index is 12.3. The number of piperidine rings is 1. The molecule has 23 heavy (non-hydrogen) atoms. The van der Waals surface area contributed by atoms with Crippen LogP contribution in [0.5, 0.6) is 0 Å². The first kappa shape index (κ1) is 15.3. The highest BCUT2D eigenvalue weighted by atomic mass is 16.2. The van der Waals surface area contributed by atoms with Crippen LogP contribution in [0.2, 0.25) is 0 Å². The number of likely N-dealkylation sites (tertiary alicyclic amines) is 1. The van der Waals surface area contributed by atoms with Crippen LogP contribution in [-0.4, -0.2) is 40.0 Å². The lowest BCUT2D eigenvalue weighted by molar-refractivity contribution is -0.132. The van der Waals surface area contributed by atoms with Crippen LogP contribution in [0.25, 0.3) is 11.3 Å². The minimum atomic E-state index is -0.0297. The van der Waals surface area contributed by atoms with Gasteiger partial charge < -0.3 is 10.2 Å². The van der Waals surface area contributed by atoms with Crippen LogP contribution >= 0.6 is 0 Å². The standard InChI is InChI=1S/C17H20N4O2/c1-12(22)21-10-7-14(8-11-21)17(23)19-15-4-2-13(3-5-15)16-6-9-18-20-16/h2-6,9,14H,7-8,10-11H2,1H3,(H,18,20)(H,19,23). The Bertz CT molecular complexity index is 671. The number of nitrogens with zero attached hydrogens (tertiary/aromatic N) is 2. The first-order valence-electron chi connectivity index (χ1n) is 7.79. The first-order chi connectivity index (χ1) is 11.1. The van der Waals surface area contributed by atoms with E-state index in [4.69, 9.17) is 0 Å². The normalized spacial score (nSPS) is 15.4. The fraction of sp³-hybridized carbons (Fsp3) is 0.353. The van der Waals surface area contributed by atoms with Gasteiger partial charge in [-0.2, -0.15) is 5.10 Å². The predicted octanol–water partition coefficient (Wildman–Crippen LogP) is 2.27. The number of carbonyl (C=O) groups is 2. The maximum absolute atomic E-state index is 12.3. The molecular weight excluding hydrogens is 292 g/mol. The summed E-state index contributed by atoms with van der Waals surface area (Å²) in [4.78, 5) is 25.4. The number of nitrogens with one attached hydrogen (secondary N) is 2. The summed E-state index contributed by atoms with van der Waals surface area (Å²) >= 11 is 0. The van der Waals surface area contributed by atoms with Crippen LogP contribution in [0, 0.1) is 5.92 Å². The van der Waals surface area contributed by atoms with Gasteiger partial charge in [0, 0.05) is 37.8 Å². The Balaban J connectivity index is 1.57. The predicted molar refractivity (Wildman–Crippen MR) is 87.6 cm³/mol. The second-order valence-electron chi connectivity index (χ2n) is 5.82. The monoisotopic (exact) mass is 312 g/mol. The van der Waals surface area contributed by atoms with Gasteiger partial charge in [0.1, 0.15) is 0 Å². The minimum absolute atomic E-state index is 0.0297. The van der Waals surface area contributed by atoms with Gasteiger partial charge in [-0.15, -0.1) is 0 Å². The average molecular weight is 312 g/mol. The Morgan fingerprint density at radius 3 is 2.43 bits per heavy atom. The SMILES string of the molecule is CC(=O)N1CCC(C(=O)Nc2ccc(-c3ccn[nH]3)cc2)CC1. The largest absolute Gasteiger partial charge is 0.343 e. The van der Waals surface area contributed by atoms with E-state index in [1.165, 1.54) is 0 Å². The third kappa shape index (κ3) is 3.59. The molecule has 3 rings (SSSR count). The summed E-state index contributed by atoms with van der Waals surface area (Å²) in [6.07, 6.45) is 3.15. The molecule has 1 aliphatic heterocycles. The van der Waals surface area contributed by atoms with Gasteiger partial charge in [0.2, 0.25) is 11.8 Å². The third-order valence-corrected chi connectivity index (χ3v) is 4.28. The molecule has 2 heterocycles. The van der Waals surface area contributed by atoms with E-state index in [0.29, 0.717) is 13.1 Å². The Labute approximate surface area is 134 Å². The molecule has 0 unspecified atom stereocenters. The molecule has 0 atom stereocenters. The molecule has 2 N–H and O–H groups in total. The van der Waals surface area contributed by atoms with Crippen molar-refractivity contribution in [3.05, 3.63) is 36.5 Å². The van der Waals surface area contributed by atoms with Crippen molar-refractivity contribution in [1.82, 2.24) is 15.1 Å². The topological polar surface area (TPSA) is 78.1 Å². The van der Waals surface area contributed by atoms with Crippen molar-refractivity contribution >= 4 is 17.5 Å². The number of aromatic nitrogens is 2. The number of carbonyl (C=O) groups excluding carboxylic acids is 2. The van der Waals surface area contributed by atoms with Crippen LogP contribution in [-0.2, 0) is 9.59 Å². The minimum Gasteiger partial charge on any atom is -0.343 e. The Morgan fingerprint density at radius 2 is 1.87 bits per heavy atom. The van der Waals surface area contributed by atoms with Crippen LogP contribution in [0.1, 0.15) is 19.8 Å². The second kappa shape index (κ2) is 6.64. The molecule has 2 amide bonds. The quantitative estimate of drug-likeness (QED) is 0.912. The molecule has 1 aromatic carbocycles. The summed E-state index contributed by atoms with van der Waals surface area (Å²) in [6, 6.07) is 9.57. The summed E-state index contributed by atoms with van der Waals surface area (Å²) < 4.78 is 0. The van der Waals surface area contributed by atoms with Gasteiger partial charge in [0.25, 0.3) is 0 Å². The zero-order chi connectivity index (χ0) is 16.2. The molecule has 2 aromatic rings. The van der Waals surface area contributed by atoms with Crippen LogP contribution < -0.4 is 5.32 Å². The number of amides is 2. The van der Waals surface area contributed by atoms with Crippen molar-refractivity contribution in [2.24, 2.45) is 5.92 Å². The van der Waals surface area contributed by atoms with Crippen LogP contribution in [0.4, 0.5) is 5.69 Å². The van der Waals surface area contributed by atoms with E-state index in [0.717, 1.165) is 29.8 Å². The molecule has 120 valence electrons. The fourth-order valence-corrected chi connectivity index (χ4v) is 2.85. The number of H-pyrrole nitrogens is 1. The van der Waals surface area contributed by atoms with E-state index < -0.39 is 0 Å². The Hall–Kier alpha value is -2.63. The van der Waals surface area contributed by atoms with E-state index in [-0.39, 0.29) is 17.7 Å².